The third-order valence-corrected chi connectivity index (χ3v) is 5.71. The van der Waals surface area contributed by atoms with Gasteiger partial charge in [0, 0.05) is 24.0 Å². The van der Waals surface area contributed by atoms with Crippen molar-refractivity contribution in [2.24, 2.45) is 5.92 Å². The Labute approximate surface area is 192 Å². The van der Waals surface area contributed by atoms with E-state index in [9.17, 15) is 9.18 Å². The molecule has 0 bridgehead atoms. The van der Waals surface area contributed by atoms with E-state index in [1.165, 1.54) is 18.2 Å². The monoisotopic (exact) mass is 444 g/mol. The van der Waals surface area contributed by atoms with Crippen molar-refractivity contribution in [3.63, 3.8) is 0 Å². The fourth-order valence-electron chi connectivity index (χ4n) is 4.34. The summed E-state index contributed by atoms with van der Waals surface area (Å²) in [6, 6.07) is 14.6. The van der Waals surface area contributed by atoms with Crippen LogP contribution in [0.4, 0.5) is 27.5 Å². The minimum Gasteiger partial charge on any atom is -0.351 e. The Balaban J connectivity index is 1.54. The standard InChI is InChI=1S/C25H25FN6O/c1-16-13-25(2,3)32(15-16)23-19(6-5-11-28-23)24(33)31-22-8-4-7-21(30-22)29-18-9-10-20(26)17(12-18)14-27/h4-12,16H,13,15H2,1-3H3,(H2,29,30,31,33). The molecule has 0 radical (unpaired) electrons. The van der Waals surface area contributed by atoms with E-state index in [0.717, 1.165) is 13.0 Å². The summed E-state index contributed by atoms with van der Waals surface area (Å²) in [7, 11) is 0. The molecule has 1 saturated heterocycles. The number of rotatable bonds is 5. The maximum Gasteiger partial charge on any atom is 0.260 e. The second kappa shape index (κ2) is 8.87. The van der Waals surface area contributed by atoms with Gasteiger partial charge in [-0.3, -0.25) is 4.79 Å². The Kier molecular flexibility index (Phi) is 5.97. The molecule has 8 heteroatoms. The molecule has 1 aliphatic heterocycles. The van der Waals surface area contributed by atoms with Gasteiger partial charge in [0.05, 0.1) is 11.1 Å². The van der Waals surface area contributed by atoms with Crippen LogP contribution >= 0.6 is 0 Å². The van der Waals surface area contributed by atoms with E-state index in [1.54, 1.807) is 36.5 Å². The molecule has 1 atom stereocenters. The van der Waals surface area contributed by atoms with Crippen molar-refractivity contribution in [1.29, 1.82) is 5.26 Å². The predicted octanol–water partition coefficient (Wildman–Crippen LogP) is 5.11. The number of nitriles is 1. The second-order valence-electron chi connectivity index (χ2n) is 8.90. The molecule has 0 spiro atoms. The Morgan fingerprint density at radius 3 is 2.73 bits per heavy atom. The van der Waals surface area contributed by atoms with E-state index in [0.29, 0.717) is 34.6 Å². The molecule has 3 aromatic rings. The van der Waals surface area contributed by atoms with Crippen molar-refractivity contribution in [1.82, 2.24) is 9.97 Å². The van der Waals surface area contributed by atoms with Gasteiger partial charge >= 0.3 is 0 Å². The van der Waals surface area contributed by atoms with E-state index >= 15 is 0 Å². The summed E-state index contributed by atoms with van der Waals surface area (Å²) in [6.45, 7) is 7.37. The summed E-state index contributed by atoms with van der Waals surface area (Å²) in [4.78, 5) is 24.3. The number of carbonyl (C=O) groups excluding carboxylic acids is 1. The first-order valence-electron chi connectivity index (χ1n) is 10.7. The third kappa shape index (κ3) is 4.77. The minimum absolute atomic E-state index is 0.0623. The quantitative estimate of drug-likeness (QED) is 0.568. The zero-order valence-corrected chi connectivity index (χ0v) is 18.8. The maximum absolute atomic E-state index is 13.6. The van der Waals surface area contributed by atoms with Gasteiger partial charge in [-0.05, 0) is 68.7 Å². The summed E-state index contributed by atoms with van der Waals surface area (Å²) in [5, 5.41) is 14.9. The van der Waals surface area contributed by atoms with Crippen LogP contribution in [0, 0.1) is 23.1 Å². The van der Waals surface area contributed by atoms with Gasteiger partial charge in [0.25, 0.3) is 5.91 Å². The zero-order chi connectivity index (χ0) is 23.6. The van der Waals surface area contributed by atoms with Crippen LogP contribution in [0.2, 0.25) is 0 Å². The number of anilines is 4. The molecular weight excluding hydrogens is 419 g/mol. The van der Waals surface area contributed by atoms with Crippen molar-refractivity contribution in [2.75, 3.05) is 22.1 Å². The predicted molar refractivity (Wildman–Crippen MR) is 126 cm³/mol. The molecule has 7 nitrogen and oxygen atoms in total. The maximum atomic E-state index is 13.6. The SMILES string of the molecule is CC1CN(c2ncccc2C(=O)Nc2cccc(Nc3ccc(F)c(C#N)c3)n2)C(C)(C)C1. The number of aromatic nitrogens is 2. The van der Waals surface area contributed by atoms with E-state index < -0.39 is 5.82 Å². The Hall–Kier alpha value is -3.99. The first-order valence-corrected chi connectivity index (χ1v) is 10.7. The average Bonchev–Trinajstić information content (AvgIpc) is 3.07. The summed E-state index contributed by atoms with van der Waals surface area (Å²) < 4.78 is 13.6. The number of nitrogens with zero attached hydrogens (tertiary/aromatic N) is 4. The Bertz CT molecular complexity index is 1240. The number of benzene rings is 1. The van der Waals surface area contributed by atoms with Crippen LogP contribution < -0.4 is 15.5 Å². The van der Waals surface area contributed by atoms with Gasteiger partial charge in [-0.15, -0.1) is 0 Å². The summed E-state index contributed by atoms with van der Waals surface area (Å²) >= 11 is 0. The molecule has 2 aromatic heterocycles. The highest BCUT2D eigenvalue weighted by Gasteiger charge is 2.38. The Morgan fingerprint density at radius 1 is 1.21 bits per heavy atom. The summed E-state index contributed by atoms with van der Waals surface area (Å²) in [5.74, 6) is 1.09. The highest BCUT2D eigenvalue weighted by Crippen LogP contribution is 2.37. The van der Waals surface area contributed by atoms with Gasteiger partial charge in [0.15, 0.2) is 0 Å². The molecule has 3 heterocycles. The fraction of sp³-hybridized carbons (Fsp3) is 0.280. The number of nitrogens with one attached hydrogen (secondary N) is 2. The van der Waals surface area contributed by atoms with Crippen molar-refractivity contribution < 1.29 is 9.18 Å². The molecule has 1 aromatic carbocycles. The van der Waals surface area contributed by atoms with Crippen LogP contribution in [0.15, 0.2) is 54.7 Å². The molecule has 1 fully saturated rings. The summed E-state index contributed by atoms with van der Waals surface area (Å²) in [5.41, 5.74) is 0.844. The van der Waals surface area contributed by atoms with Crippen molar-refractivity contribution in [3.05, 3.63) is 71.7 Å². The number of carbonyl (C=O) groups is 1. The fourth-order valence-corrected chi connectivity index (χ4v) is 4.34. The van der Waals surface area contributed by atoms with Crippen LogP contribution in [0.1, 0.15) is 43.1 Å². The van der Waals surface area contributed by atoms with Crippen LogP contribution in [0.3, 0.4) is 0 Å². The lowest BCUT2D eigenvalue weighted by molar-refractivity contribution is 0.102. The van der Waals surface area contributed by atoms with Crippen LogP contribution in [-0.2, 0) is 0 Å². The topological polar surface area (TPSA) is 93.9 Å². The van der Waals surface area contributed by atoms with Gasteiger partial charge in [-0.25, -0.2) is 14.4 Å². The number of amides is 1. The number of halogens is 1. The van der Waals surface area contributed by atoms with E-state index in [1.807, 2.05) is 6.07 Å². The van der Waals surface area contributed by atoms with Gasteiger partial charge in [0.1, 0.15) is 29.3 Å². The number of pyridine rings is 2. The first-order chi connectivity index (χ1) is 15.8. The normalized spacial score (nSPS) is 16.8. The molecule has 4 rings (SSSR count). The molecular formula is C25H25FN6O. The van der Waals surface area contributed by atoms with E-state index in [-0.39, 0.29) is 17.0 Å². The molecule has 0 aliphatic carbocycles. The van der Waals surface area contributed by atoms with Crippen molar-refractivity contribution >= 4 is 29.0 Å². The smallest absolute Gasteiger partial charge is 0.260 e. The highest BCUT2D eigenvalue weighted by molar-refractivity contribution is 6.07. The number of hydrogen-bond acceptors (Lipinski definition) is 6. The van der Waals surface area contributed by atoms with Crippen molar-refractivity contribution in [3.8, 4) is 6.07 Å². The average molecular weight is 445 g/mol. The van der Waals surface area contributed by atoms with Crippen molar-refractivity contribution in [2.45, 2.75) is 32.7 Å². The largest absolute Gasteiger partial charge is 0.351 e. The minimum atomic E-state index is -0.583. The molecule has 0 saturated carbocycles. The second-order valence-corrected chi connectivity index (χ2v) is 8.90. The molecule has 1 aliphatic rings. The third-order valence-electron chi connectivity index (χ3n) is 5.71. The number of hydrogen-bond donors (Lipinski definition) is 2. The lowest BCUT2D eigenvalue weighted by atomic mass is 9.97. The zero-order valence-electron chi connectivity index (χ0n) is 18.8. The van der Waals surface area contributed by atoms with E-state index in [4.69, 9.17) is 5.26 Å². The lowest BCUT2D eigenvalue weighted by Crippen LogP contribution is -2.40. The van der Waals surface area contributed by atoms with Gasteiger partial charge < -0.3 is 15.5 Å². The molecule has 168 valence electrons. The van der Waals surface area contributed by atoms with E-state index in [2.05, 4.69) is 46.3 Å². The molecule has 33 heavy (non-hydrogen) atoms. The highest BCUT2D eigenvalue weighted by atomic mass is 19.1. The Morgan fingerprint density at radius 2 is 2.00 bits per heavy atom. The van der Waals surface area contributed by atoms with Crippen LogP contribution in [0.25, 0.3) is 0 Å². The van der Waals surface area contributed by atoms with Gasteiger partial charge in [-0.2, -0.15) is 5.26 Å². The van der Waals surface area contributed by atoms with Gasteiger partial charge in [-0.1, -0.05) is 13.0 Å². The van der Waals surface area contributed by atoms with Crippen LogP contribution in [0.5, 0.6) is 0 Å². The first kappa shape index (κ1) is 22.2. The summed E-state index contributed by atoms with van der Waals surface area (Å²) in [6.07, 6.45) is 2.73. The lowest BCUT2D eigenvalue weighted by Gasteiger charge is -2.33. The molecule has 1 unspecified atom stereocenters. The van der Waals surface area contributed by atoms with Crippen LogP contribution in [-0.4, -0.2) is 28.0 Å². The molecule has 2 N–H and O–H groups in total. The van der Waals surface area contributed by atoms with Gasteiger partial charge in [0.2, 0.25) is 0 Å². The molecule has 1 amide bonds.